The molecule has 0 atom stereocenters. The first-order valence-corrected chi connectivity index (χ1v) is 7.26. The van der Waals surface area contributed by atoms with Crippen molar-refractivity contribution in [2.75, 3.05) is 6.26 Å². The molecular weight excluding hydrogens is 252 g/mol. The first-order chi connectivity index (χ1) is 8.31. The molecule has 0 aliphatic heterocycles. The zero-order chi connectivity index (χ0) is 12.1. The Labute approximate surface area is 108 Å². The van der Waals surface area contributed by atoms with Gasteiger partial charge in [0, 0.05) is 12.7 Å². The molecule has 0 spiro atoms. The number of nitrogens with one attached hydrogen (secondary N) is 1. The van der Waals surface area contributed by atoms with Crippen molar-refractivity contribution in [1.82, 2.24) is 10.3 Å². The minimum atomic E-state index is -0.0753. The van der Waals surface area contributed by atoms with Crippen LogP contribution >= 0.6 is 23.1 Å². The molecule has 0 bridgehead atoms. The predicted octanol–water partition coefficient (Wildman–Crippen LogP) is 2.80. The molecule has 3 nitrogen and oxygen atoms in total. The summed E-state index contributed by atoms with van der Waals surface area (Å²) in [4.78, 5) is 16.1. The maximum Gasteiger partial charge on any atom is 0.254 e. The molecule has 0 saturated heterocycles. The van der Waals surface area contributed by atoms with Crippen molar-refractivity contribution >= 4 is 29.0 Å². The van der Waals surface area contributed by atoms with Crippen molar-refractivity contribution in [3.8, 4) is 0 Å². The van der Waals surface area contributed by atoms with Crippen molar-refractivity contribution in [1.29, 1.82) is 0 Å². The first kappa shape index (κ1) is 12.1. The van der Waals surface area contributed by atoms with Crippen molar-refractivity contribution in [2.24, 2.45) is 0 Å². The van der Waals surface area contributed by atoms with E-state index < -0.39 is 0 Å². The Balaban J connectivity index is 2.04. The van der Waals surface area contributed by atoms with Gasteiger partial charge >= 0.3 is 0 Å². The topological polar surface area (TPSA) is 42.0 Å². The summed E-state index contributed by atoms with van der Waals surface area (Å²) in [5.74, 6) is -0.0753. The minimum Gasteiger partial charge on any atom is -0.348 e. The van der Waals surface area contributed by atoms with Gasteiger partial charge in [0.1, 0.15) is 5.03 Å². The van der Waals surface area contributed by atoms with E-state index in [1.807, 2.05) is 23.1 Å². The number of hydrogen-bond donors (Lipinski definition) is 1. The van der Waals surface area contributed by atoms with Crippen LogP contribution < -0.4 is 5.32 Å². The van der Waals surface area contributed by atoms with E-state index in [0.29, 0.717) is 12.1 Å². The lowest BCUT2D eigenvalue weighted by molar-refractivity contribution is 0.0947. The van der Waals surface area contributed by atoms with Gasteiger partial charge in [0.15, 0.2) is 0 Å². The number of rotatable bonds is 4. The van der Waals surface area contributed by atoms with Crippen LogP contribution in [0.2, 0.25) is 0 Å². The van der Waals surface area contributed by atoms with Gasteiger partial charge in [-0.2, -0.15) is 11.3 Å². The lowest BCUT2D eigenvalue weighted by atomic mass is 10.2. The lowest BCUT2D eigenvalue weighted by Gasteiger charge is -2.06. The number of carbonyl (C=O) groups excluding carboxylic acids is 1. The molecule has 88 valence electrons. The molecule has 0 unspecified atom stereocenters. The molecule has 0 aromatic carbocycles. The van der Waals surface area contributed by atoms with E-state index in [0.717, 1.165) is 10.6 Å². The van der Waals surface area contributed by atoms with Crippen LogP contribution in [0.15, 0.2) is 40.2 Å². The van der Waals surface area contributed by atoms with Crippen LogP contribution in [0.3, 0.4) is 0 Å². The molecule has 0 saturated carbocycles. The summed E-state index contributed by atoms with van der Waals surface area (Å²) < 4.78 is 0. The molecule has 1 N–H and O–H groups in total. The van der Waals surface area contributed by atoms with Crippen LogP contribution in [-0.2, 0) is 6.54 Å². The fourth-order valence-corrected chi connectivity index (χ4v) is 2.61. The van der Waals surface area contributed by atoms with Crippen molar-refractivity contribution < 1.29 is 4.79 Å². The van der Waals surface area contributed by atoms with E-state index in [2.05, 4.69) is 10.3 Å². The standard InChI is InChI=1S/C12H12N2OS2/c1-16-12-10(3-2-5-13-12)11(15)14-7-9-4-6-17-8-9/h2-6,8H,7H2,1H3,(H,14,15). The predicted molar refractivity (Wildman–Crippen MR) is 71.5 cm³/mol. The number of thiophene rings is 1. The third-order valence-electron chi connectivity index (χ3n) is 2.24. The third kappa shape index (κ3) is 3.08. The van der Waals surface area contributed by atoms with Gasteiger partial charge in [0.25, 0.3) is 5.91 Å². The minimum absolute atomic E-state index is 0.0753. The maximum absolute atomic E-state index is 12.0. The van der Waals surface area contributed by atoms with E-state index in [1.54, 1.807) is 29.7 Å². The zero-order valence-electron chi connectivity index (χ0n) is 9.34. The summed E-state index contributed by atoms with van der Waals surface area (Å²) in [6.45, 7) is 0.561. The Morgan fingerprint density at radius 1 is 1.53 bits per heavy atom. The van der Waals surface area contributed by atoms with Crippen LogP contribution in [0.1, 0.15) is 15.9 Å². The summed E-state index contributed by atoms with van der Waals surface area (Å²) in [6, 6.07) is 5.57. The van der Waals surface area contributed by atoms with Gasteiger partial charge in [0.05, 0.1) is 5.56 Å². The Hall–Kier alpha value is -1.33. The molecule has 1 amide bonds. The van der Waals surface area contributed by atoms with Gasteiger partial charge in [-0.15, -0.1) is 11.8 Å². The van der Waals surface area contributed by atoms with Crippen LogP contribution in [-0.4, -0.2) is 17.1 Å². The molecule has 0 aliphatic carbocycles. The number of amides is 1. The van der Waals surface area contributed by atoms with Gasteiger partial charge in [-0.3, -0.25) is 4.79 Å². The normalized spacial score (nSPS) is 10.2. The highest BCUT2D eigenvalue weighted by Crippen LogP contribution is 2.16. The number of carbonyl (C=O) groups is 1. The molecule has 0 fully saturated rings. The molecule has 5 heteroatoms. The Morgan fingerprint density at radius 3 is 3.12 bits per heavy atom. The summed E-state index contributed by atoms with van der Waals surface area (Å²) in [5, 5.41) is 7.68. The highest BCUT2D eigenvalue weighted by atomic mass is 32.2. The maximum atomic E-state index is 12.0. The van der Waals surface area contributed by atoms with Gasteiger partial charge in [-0.05, 0) is 40.8 Å². The second kappa shape index (κ2) is 5.84. The average Bonchev–Trinajstić information content (AvgIpc) is 2.89. The van der Waals surface area contributed by atoms with Gasteiger partial charge < -0.3 is 5.32 Å². The number of hydrogen-bond acceptors (Lipinski definition) is 4. The van der Waals surface area contributed by atoms with Gasteiger partial charge in [-0.25, -0.2) is 4.98 Å². The number of aromatic nitrogens is 1. The molecule has 2 aromatic rings. The van der Waals surface area contributed by atoms with Crippen LogP contribution in [0.4, 0.5) is 0 Å². The summed E-state index contributed by atoms with van der Waals surface area (Å²) >= 11 is 3.10. The van der Waals surface area contributed by atoms with E-state index in [-0.39, 0.29) is 5.91 Å². The largest absolute Gasteiger partial charge is 0.348 e. The molecule has 2 aromatic heterocycles. The van der Waals surface area contributed by atoms with E-state index in [4.69, 9.17) is 0 Å². The average molecular weight is 264 g/mol. The number of nitrogens with zero attached hydrogens (tertiary/aromatic N) is 1. The van der Waals surface area contributed by atoms with Crippen molar-refractivity contribution in [3.05, 3.63) is 46.3 Å². The first-order valence-electron chi connectivity index (χ1n) is 5.09. The highest BCUT2D eigenvalue weighted by Gasteiger charge is 2.10. The number of pyridine rings is 1. The number of thioether (sulfide) groups is 1. The highest BCUT2D eigenvalue weighted by molar-refractivity contribution is 7.98. The van der Waals surface area contributed by atoms with E-state index in [9.17, 15) is 4.79 Å². The van der Waals surface area contributed by atoms with Crippen molar-refractivity contribution in [3.63, 3.8) is 0 Å². The molecule has 0 radical (unpaired) electrons. The second-order valence-electron chi connectivity index (χ2n) is 3.37. The fourth-order valence-electron chi connectivity index (χ4n) is 1.40. The van der Waals surface area contributed by atoms with Crippen LogP contribution in [0.25, 0.3) is 0 Å². The fraction of sp³-hybridized carbons (Fsp3) is 0.167. The summed E-state index contributed by atoms with van der Waals surface area (Å²) in [5.41, 5.74) is 1.76. The second-order valence-corrected chi connectivity index (χ2v) is 4.95. The molecule has 0 aliphatic rings. The Morgan fingerprint density at radius 2 is 2.41 bits per heavy atom. The quantitative estimate of drug-likeness (QED) is 0.863. The van der Waals surface area contributed by atoms with Crippen molar-refractivity contribution in [2.45, 2.75) is 11.6 Å². The zero-order valence-corrected chi connectivity index (χ0v) is 11.0. The Kier molecular flexibility index (Phi) is 4.17. The third-order valence-corrected chi connectivity index (χ3v) is 3.69. The Bertz CT molecular complexity index is 497. The summed E-state index contributed by atoms with van der Waals surface area (Å²) in [6.07, 6.45) is 3.61. The van der Waals surface area contributed by atoms with Crippen LogP contribution in [0.5, 0.6) is 0 Å². The summed E-state index contributed by atoms with van der Waals surface area (Å²) in [7, 11) is 0. The van der Waals surface area contributed by atoms with E-state index >= 15 is 0 Å². The van der Waals surface area contributed by atoms with Gasteiger partial charge in [0.2, 0.25) is 0 Å². The van der Waals surface area contributed by atoms with Gasteiger partial charge in [-0.1, -0.05) is 0 Å². The monoisotopic (exact) mass is 264 g/mol. The SMILES string of the molecule is CSc1ncccc1C(=O)NCc1ccsc1. The van der Waals surface area contributed by atoms with Crippen LogP contribution in [0, 0.1) is 0 Å². The van der Waals surface area contributed by atoms with E-state index in [1.165, 1.54) is 11.8 Å². The smallest absolute Gasteiger partial charge is 0.254 e. The lowest BCUT2D eigenvalue weighted by Crippen LogP contribution is -2.23. The molecular formula is C12H12N2OS2. The molecule has 2 heterocycles. The molecule has 17 heavy (non-hydrogen) atoms. The molecule has 2 rings (SSSR count).